The van der Waals surface area contributed by atoms with Crippen molar-refractivity contribution in [3.8, 4) is 0 Å². The zero-order valence-corrected chi connectivity index (χ0v) is 11.9. The van der Waals surface area contributed by atoms with E-state index in [4.69, 9.17) is 0 Å². The molecule has 0 aliphatic carbocycles. The molecule has 0 aromatic heterocycles. The highest BCUT2D eigenvalue weighted by Gasteiger charge is 2.10. The van der Waals surface area contributed by atoms with Crippen molar-refractivity contribution in [2.24, 2.45) is 0 Å². The Morgan fingerprint density at radius 3 is 2.60 bits per heavy atom. The van der Waals surface area contributed by atoms with E-state index >= 15 is 0 Å². The lowest BCUT2D eigenvalue weighted by Crippen LogP contribution is -2.29. The van der Waals surface area contributed by atoms with Crippen LogP contribution in [0.2, 0.25) is 0 Å². The van der Waals surface area contributed by atoms with Crippen LogP contribution in [0.5, 0.6) is 0 Å². The second kappa shape index (κ2) is 6.59. The molecule has 0 heterocycles. The van der Waals surface area contributed by atoms with Crippen LogP contribution in [-0.4, -0.2) is 23.7 Å². The minimum Gasteiger partial charge on any atom is -0.423 e. The Balaban J connectivity index is 2.15. The average Bonchev–Trinajstić information content (AvgIpc) is 2.46. The van der Waals surface area contributed by atoms with Gasteiger partial charge < -0.3 is 15.4 Å². The van der Waals surface area contributed by atoms with E-state index in [1.54, 1.807) is 6.07 Å². The Morgan fingerprint density at radius 1 is 1.15 bits per heavy atom. The lowest BCUT2D eigenvalue weighted by Gasteiger charge is -2.08. The number of benzene rings is 2. The van der Waals surface area contributed by atoms with E-state index in [9.17, 15) is 10.0 Å². The van der Waals surface area contributed by atoms with E-state index in [1.165, 1.54) is 11.3 Å². The van der Waals surface area contributed by atoms with E-state index in [0.717, 1.165) is 23.7 Å². The Morgan fingerprint density at radius 2 is 1.90 bits per heavy atom. The van der Waals surface area contributed by atoms with Crippen LogP contribution in [0.1, 0.15) is 19.4 Å². The molecule has 2 aromatic rings. The van der Waals surface area contributed by atoms with E-state index in [0.29, 0.717) is 5.46 Å². The number of fused-ring (bicyclic) bond motifs is 1. The summed E-state index contributed by atoms with van der Waals surface area (Å²) in [5.74, 6) is 0. The summed E-state index contributed by atoms with van der Waals surface area (Å²) in [7, 11) is -1.41. The number of hydrogen-bond acceptors (Lipinski definition) is 3. The third kappa shape index (κ3) is 3.62. The number of hydrogen-bond donors (Lipinski definition) is 3. The third-order valence-corrected chi connectivity index (χ3v) is 3.48. The van der Waals surface area contributed by atoms with Gasteiger partial charge in [-0.1, -0.05) is 42.5 Å². The molecule has 4 heteroatoms. The minimum atomic E-state index is -1.41. The first kappa shape index (κ1) is 14.6. The van der Waals surface area contributed by atoms with Crippen LogP contribution < -0.4 is 10.8 Å². The zero-order chi connectivity index (χ0) is 14.5. The van der Waals surface area contributed by atoms with Crippen LogP contribution in [0.25, 0.3) is 10.8 Å². The van der Waals surface area contributed by atoms with Gasteiger partial charge in [0.25, 0.3) is 0 Å². The van der Waals surface area contributed by atoms with Gasteiger partial charge in [0, 0.05) is 12.2 Å². The number of nitrogens with one attached hydrogen (secondary N) is 1. The molecule has 0 unspecified atom stereocenters. The zero-order valence-electron chi connectivity index (χ0n) is 11.9. The second-order valence-electron chi connectivity index (χ2n) is 4.96. The quantitative estimate of drug-likeness (QED) is 0.722. The topological polar surface area (TPSA) is 52.5 Å². The molecule has 0 saturated heterocycles. The molecule has 0 bridgehead atoms. The lowest BCUT2D eigenvalue weighted by molar-refractivity contribution is 0.426. The van der Waals surface area contributed by atoms with Crippen molar-refractivity contribution in [1.82, 2.24) is 5.32 Å². The first-order valence-electron chi connectivity index (χ1n) is 6.85. The van der Waals surface area contributed by atoms with Crippen molar-refractivity contribution in [3.05, 3.63) is 53.7 Å². The molecule has 2 aromatic carbocycles. The standard InChI is InChI=1S/C16H20BNO2/c1-3-12(2)18-9-8-13-4-5-14-6-7-16(17(19)20)11-15(14)10-13/h3-7,10-11,18-20H,8-9H2,1-2H3/b12-3-. The average molecular weight is 269 g/mol. The summed E-state index contributed by atoms with van der Waals surface area (Å²) in [5, 5.41) is 23.9. The molecule has 0 spiro atoms. The molecule has 0 radical (unpaired) electrons. The molecular weight excluding hydrogens is 249 g/mol. The summed E-state index contributed by atoms with van der Waals surface area (Å²) in [5.41, 5.74) is 2.94. The van der Waals surface area contributed by atoms with E-state index in [-0.39, 0.29) is 0 Å². The van der Waals surface area contributed by atoms with Crippen molar-refractivity contribution >= 4 is 23.4 Å². The molecule has 3 nitrogen and oxygen atoms in total. The molecular formula is C16H20BNO2. The minimum absolute atomic E-state index is 0.525. The van der Waals surface area contributed by atoms with Gasteiger partial charge in [0.05, 0.1) is 0 Å². The largest absolute Gasteiger partial charge is 0.488 e. The predicted molar refractivity (Wildman–Crippen MR) is 84.9 cm³/mol. The predicted octanol–water partition coefficient (Wildman–Crippen LogP) is 1.58. The molecule has 0 amide bonds. The van der Waals surface area contributed by atoms with Crippen molar-refractivity contribution in [2.75, 3.05) is 6.54 Å². The van der Waals surface area contributed by atoms with Gasteiger partial charge in [0.15, 0.2) is 0 Å². The molecule has 2 rings (SSSR count). The fourth-order valence-corrected chi connectivity index (χ4v) is 2.14. The molecule has 3 N–H and O–H groups in total. The number of rotatable bonds is 5. The van der Waals surface area contributed by atoms with E-state index < -0.39 is 7.12 Å². The van der Waals surface area contributed by atoms with Crippen molar-refractivity contribution in [3.63, 3.8) is 0 Å². The van der Waals surface area contributed by atoms with E-state index in [1.807, 2.05) is 19.1 Å². The first-order chi connectivity index (χ1) is 9.60. The van der Waals surface area contributed by atoms with Crippen LogP contribution >= 0.6 is 0 Å². The van der Waals surface area contributed by atoms with Crippen LogP contribution in [0.3, 0.4) is 0 Å². The summed E-state index contributed by atoms with van der Waals surface area (Å²) >= 11 is 0. The van der Waals surface area contributed by atoms with Gasteiger partial charge in [-0.25, -0.2) is 0 Å². The Kier molecular flexibility index (Phi) is 4.82. The molecule has 0 fully saturated rings. The highest BCUT2D eigenvalue weighted by molar-refractivity contribution is 6.58. The van der Waals surface area contributed by atoms with Gasteiger partial charge in [-0.2, -0.15) is 0 Å². The summed E-state index contributed by atoms with van der Waals surface area (Å²) in [6.45, 7) is 4.96. The molecule has 0 aliphatic heterocycles. The molecule has 20 heavy (non-hydrogen) atoms. The SMILES string of the molecule is C/C=C(/C)NCCc1ccc2ccc(B(O)O)cc2c1. The van der Waals surface area contributed by atoms with Gasteiger partial charge in [0.2, 0.25) is 0 Å². The van der Waals surface area contributed by atoms with Crippen LogP contribution in [0, 0.1) is 0 Å². The van der Waals surface area contributed by atoms with Crippen LogP contribution in [0.4, 0.5) is 0 Å². The van der Waals surface area contributed by atoms with Gasteiger partial charge in [-0.15, -0.1) is 0 Å². The van der Waals surface area contributed by atoms with Gasteiger partial charge in [0.1, 0.15) is 0 Å². The summed E-state index contributed by atoms with van der Waals surface area (Å²) in [6.07, 6.45) is 2.99. The lowest BCUT2D eigenvalue weighted by atomic mass is 9.79. The van der Waals surface area contributed by atoms with Gasteiger partial charge in [-0.3, -0.25) is 0 Å². The van der Waals surface area contributed by atoms with Crippen LogP contribution in [0.15, 0.2) is 48.2 Å². The van der Waals surface area contributed by atoms with Crippen molar-refractivity contribution < 1.29 is 10.0 Å². The first-order valence-corrected chi connectivity index (χ1v) is 6.85. The number of allylic oxidation sites excluding steroid dienone is 2. The fraction of sp³-hybridized carbons (Fsp3) is 0.250. The Hall–Kier alpha value is -1.78. The highest BCUT2D eigenvalue weighted by atomic mass is 16.4. The maximum absolute atomic E-state index is 9.22. The molecule has 104 valence electrons. The van der Waals surface area contributed by atoms with Crippen molar-refractivity contribution in [2.45, 2.75) is 20.3 Å². The molecule has 0 atom stereocenters. The maximum atomic E-state index is 9.22. The van der Waals surface area contributed by atoms with Gasteiger partial charge in [-0.05, 0) is 42.1 Å². The Labute approximate surface area is 120 Å². The smallest absolute Gasteiger partial charge is 0.423 e. The van der Waals surface area contributed by atoms with E-state index in [2.05, 4.69) is 36.5 Å². The highest BCUT2D eigenvalue weighted by Crippen LogP contribution is 2.15. The molecule has 0 saturated carbocycles. The fourth-order valence-electron chi connectivity index (χ4n) is 2.14. The second-order valence-corrected chi connectivity index (χ2v) is 4.96. The summed E-state index contributed by atoms with van der Waals surface area (Å²) < 4.78 is 0. The van der Waals surface area contributed by atoms with Gasteiger partial charge >= 0.3 is 7.12 Å². The summed E-state index contributed by atoms with van der Waals surface area (Å²) in [4.78, 5) is 0. The monoisotopic (exact) mass is 269 g/mol. The summed E-state index contributed by atoms with van der Waals surface area (Å²) in [6, 6.07) is 11.8. The normalized spacial score (nSPS) is 11.7. The molecule has 0 aliphatic rings. The maximum Gasteiger partial charge on any atom is 0.488 e. The van der Waals surface area contributed by atoms with Crippen LogP contribution in [-0.2, 0) is 6.42 Å². The third-order valence-electron chi connectivity index (χ3n) is 3.48. The Bertz CT molecular complexity index is 623. The van der Waals surface area contributed by atoms with Crippen molar-refractivity contribution in [1.29, 1.82) is 0 Å².